The maximum Gasteiger partial charge on any atom is 0.337 e. The summed E-state index contributed by atoms with van der Waals surface area (Å²) in [6, 6.07) is 15.2. The van der Waals surface area contributed by atoms with Crippen LogP contribution in [-0.2, 0) is 14.3 Å². The summed E-state index contributed by atoms with van der Waals surface area (Å²) in [5.74, 6) is 0.557. The lowest BCUT2D eigenvalue weighted by atomic mass is 10.0. The predicted octanol–water partition coefficient (Wildman–Crippen LogP) is 4.41. The van der Waals surface area contributed by atoms with E-state index in [1.807, 2.05) is 45.9 Å². The Hall–Kier alpha value is -4.40. The molecule has 0 bridgehead atoms. The Morgan fingerprint density at radius 2 is 1.68 bits per heavy atom. The van der Waals surface area contributed by atoms with Crippen molar-refractivity contribution in [3.63, 3.8) is 0 Å². The zero-order chi connectivity index (χ0) is 27.7. The number of aryl methyl sites for hydroxylation is 2. The SMILES string of the molecule is COC(=O)c1ccc(-c2ccc(/C=N\NC(=O)[C@@H](CC(C)C)NC(=O)COc3c(C)cccc3C)o2)cc1. The molecule has 1 aromatic heterocycles. The largest absolute Gasteiger partial charge is 0.483 e. The van der Waals surface area contributed by atoms with Crippen LogP contribution in [0.15, 0.2) is 64.1 Å². The fourth-order valence-corrected chi connectivity index (χ4v) is 3.81. The third-order valence-electron chi connectivity index (χ3n) is 5.70. The second-order valence-electron chi connectivity index (χ2n) is 9.26. The van der Waals surface area contributed by atoms with Crippen LogP contribution in [0.1, 0.15) is 47.5 Å². The van der Waals surface area contributed by atoms with Gasteiger partial charge in [-0.2, -0.15) is 5.10 Å². The summed E-state index contributed by atoms with van der Waals surface area (Å²) in [5, 5.41) is 6.73. The highest BCUT2D eigenvalue weighted by molar-refractivity contribution is 5.90. The molecule has 0 radical (unpaired) electrons. The van der Waals surface area contributed by atoms with Crippen molar-refractivity contribution in [3.05, 3.63) is 77.0 Å². The highest BCUT2D eigenvalue weighted by Gasteiger charge is 2.22. The molecule has 9 nitrogen and oxygen atoms in total. The topological polar surface area (TPSA) is 119 Å². The number of rotatable bonds is 11. The molecule has 1 atom stereocenters. The van der Waals surface area contributed by atoms with Gasteiger partial charge in [-0.25, -0.2) is 10.2 Å². The lowest BCUT2D eigenvalue weighted by molar-refractivity contribution is -0.130. The van der Waals surface area contributed by atoms with Crippen LogP contribution >= 0.6 is 0 Å². The van der Waals surface area contributed by atoms with Gasteiger partial charge in [0.2, 0.25) is 0 Å². The van der Waals surface area contributed by atoms with Gasteiger partial charge in [-0.15, -0.1) is 0 Å². The number of hydrazone groups is 1. The number of hydrogen-bond donors (Lipinski definition) is 2. The molecule has 3 rings (SSSR count). The molecule has 0 unspecified atom stereocenters. The van der Waals surface area contributed by atoms with E-state index < -0.39 is 23.8 Å². The van der Waals surface area contributed by atoms with E-state index >= 15 is 0 Å². The van der Waals surface area contributed by atoms with Crippen molar-refractivity contribution in [2.45, 2.75) is 40.2 Å². The van der Waals surface area contributed by atoms with E-state index in [9.17, 15) is 14.4 Å². The highest BCUT2D eigenvalue weighted by Crippen LogP contribution is 2.23. The van der Waals surface area contributed by atoms with Gasteiger partial charge >= 0.3 is 5.97 Å². The van der Waals surface area contributed by atoms with E-state index in [4.69, 9.17) is 13.9 Å². The van der Waals surface area contributed by atoms with Gasteiger partial charge in [0.25, 0.3) is 11.8 Å². The zero-order valence-electron chi connectivity index (χ0n) is 22.2. The number of nitrogens with zero attached hydrogens (tertiary/aromatic N) is 1. The maximum atomic E-state index is 12.8. The molecule has 0 aliphatic carbocycles. The quantitative estimate of drug-likeness (QED) is 0.220. The third kappa shape index (κ3) is 7.80. The molecule has 200 valence electrons. The van der Waals surface area contributed by atoms with Crippen LogP contribution in [-0.4, -0.2) is 43.8 Å². The fourth-order valence-electron chi connectivity index (χ4n) is 3.81. The van der Waals surface area contributed by atoms with Crippen LogP contribution in [0.3, 0.4) is 0 Å². The first-order valence-corrected chi connectivity index (χ1v) is 12.3. The first-order chi connectivity index (χ1) is 18.2. The van der Waals surface area contributed by atoms with Crippen LogP contribution < -0.4 is 15.5 Å². The number of furan rings is 1. The van der Waals surface area contributed by atoms with E-state index in [1.54, 1.807) is 36.4 Å². The number of amides is 2. The number of ether oxygens (including phenoxy) is 2. The lowest BCUT2D eigenvalue weighted by Gasteiger charge is -2.19. The van der Waals surface area contributed by atoms with Gasteiger partial charge in [0.15, 0.2) is 6.61 Å². The molecule has 0 spiro atoms. The Bertz CT molecular complexity index is 1270. The average molecular weight is 520 g/mol. The minimum Gasteiger partial charge on any atom is -0.483 e. The van der Waals surface area contributed by atoms with Gasteiger partial charge in [0, 0.05) is 5.56 Å². The second kappa shape index (κ2) is 13.2. The molecular formula is C29H33N3O6. The maximum absolute atomic E-state index is 12.8. The van der Waals surface area contributed by atoms with Gasteiger partial charge in [-0.05, 0) is 61.6 Å². The van der Waals surface area contributed by atoms with Crippen molar-refractivity contribution < 1.29 is 28.3 Å². The molecule has 0 saturated carbocycles. The number of benzene rings is 2. The predicted molar refractivity (Wildman–Crippen MR) is 144 cm³/mol. The molecule has 2 aromatic carbocycles. The van der Waals surface area contributed by atoms with Crippen molar-refractivity contribution in [1.82, 2.24) is 10.7 Å². The standard InChI is InChI=1S/C29H33N3O6/c1-18(2)15-24(31-26(33)17-37-27-19(3)7-6-8-20(27)4)28(34)32-30-16-23-13-14-25(38-23)21-9-11-22(12-10-21)29(35)36-5/h6-14,16,18,24H,15,17H2,1-5H3,(H,31,33)(H,32,34)/b30-16-/t24-/m1/s1. The Balaban J connectivity index is 1.57. The number of hydrogen-bond acceptors (Lipinski definition) is 7. The highest BCUT2D eigenvalue weighted by atomic mass is 16.5. The van der Waals surface area contributed by atoms with Gasteiger partial charge in [-0.3, -0.25) is 9.59 Å². The Kier molecular flexibility index (Phi) is 9.81. The van der Waals surface area contributed by atoms with Crippen molar-refractivity contribution in [1.29, 1.82) is 0 Å². The van der Waals surface area contributed by atoms with E-state index in [-0.39, 0.29) is 12.5 Å². The van der Waals surface area contributed by atoms with Crippen molar-refractivity contribution >= 4 is 24.0 Å². The molecule has 0 saturated heterocycles. The van der Waals surface area contributed by atoms with Gasteiger partial charge in [0.1, 0.15) is 23.3 Å². The Labute approximate surface area is 222 Å². The van der Waals surface area contributed by atoms with Crippen molar-refractivity contribution in [3.8, 4) is 17.1 Å². The Morgan fingerprint density at radius 3 is 2.32 bits per heavy atom. The third-order valence-corrected chi connectivity index (χ3v) is 5.70. The van der Waals surface area contributed by atoms with Crippen LogP contribution in [0.25, 0.3) is 11.3 Å². The number of carbonyl (C=O) groups is 3. The summed E-state index contributed by atoms with van der Waals surface area (Å²) in [7, 11) is 1.33. The van der Waals surface area contributed by atoms with Gasteiger partial charge < -0.3 is 19.2 Å². The first-order valence-electron chi connectivity index (χ1n) is 12.3. The summed E-state index contributed by atoms with van der Waals surface area (Å²) in [5.41, 5.74) is 5.54. The van der Waals surface area contributed by atoms with E-state index in [0.29, 0.717) is 29.3 Å². The van der Waals surface area contributed by atoms with Crippen LogP contribution in [0.2, 0.25) is 0 Å². The minimum absolute atomic E-state index is 0.160. The molecule has 2 N–H and O–H groups in total. The first kappa shape index (κ1) is 28.2. The molecule has 1 heterocycles. The van der Waals surface area contributed by atoms with E-state index in [0.717, 1.165) is 16.7 Å². The molecule has 9 heteroatoms. The van der Waals surface area contributed by atoms with Gasteiger partial charge in [0.05, 0.1) is 18.9 Å². The van der Waals surface area contributed by atoms with Crippen molar-refractivity contribution in [2.24, 2.45) is 11.0 Å². The van der Waals surface area contributed by atoms with Crippen LogP contribution in [0, 0.1) is 19.8 Å². The fraction of sp³-hybridized carbons (Fsp3) is 0.310. The smallest absolute Gasteiger partial charge is 0.337 e. The summed E-state index contributed by atoms with van der Waals surface area (Å²) in [4.78, 5) is 36.9. The Morgan fingerprint density at radius 1 is 1.00 bits per heavy atom. The number of methoxy groups -OCH3 is 1. The summed E-state index contributed by atoms with van der Waals surface area (Å²) in [6.07, 6.45) is 1.81. The second-order valence-corrected chi connectivity index (χ2v) is 9.26. The number of esters is 1. The molecule has 0 fully saturated rings. The molecular weight excluding hydrogens is 486 g/mol. The molecule has 0 aliphatic rings. The lowest BCUT2D eigenvalue weighted by Crippen LogP contribution is -2.47. The molecule has 0 aliphatic heterocycles. The van der Waals surface area contributed by atoms with E-state index in [1.165, 1.54) is 13.3 Å². The molecule has 3 aromatic rings. The van der Waals surface area contributed by atoms with Crippen molar-refractivity contribution in [2.75, 3.05) is 13.7 Å². The molecule has 2 amide bonds. The summed E-state index contributed by atoms with van der Waals surface area (Å²) in [6.45, 7) is 7.55. The zero-order valence-corrected chi connectivity index (χ0v) is 22.2. The minimum atomic E-state index is -0.776. The summed E-state index contributed by atoms with van der Waals surface area (Å²) >= 11 is 0. The average Bonchev–Trinajstić information content (AvgIpc) is 3.36. The number of nitrogens with one attached hydrogen (secondary N) is 2. The van der Waals surface area contributed by atoms with E-state index in [2.05, 4.69) is 15.8 Å². The molecule has 38 heavy (non-hydrogen) atoms. The van der Waals surface area contributed by atoms with Gasteiger partial charge in [-0.1, -0.05) is 44.2 Å². The van der Waals surface area contributed by atoms with Crippen LogP contribution in [0.5, 0.6) is 5.75 Å². The monoisotopic (exact) mass is 519 g/mol. The van der Waals surface area contributed by atoms with Crippen LogP contribution in [0.4, 0.5) is 0 Å². The summed E-state index contributed by atoms with van der Waals surface area (Å²) < 4.78 is 16.2. The number of carbonyl (C=O) groups excluding carboxylic acids is 3. The number of para-hydroxylation sites is 1. The normalized spacial score (nSPS) is 11.8.